The van der Waals surface area contributed by atoms with Crippen molar-refractivity contribution in [2.75, 3.05) is 18.0 Å². The van der Waals surface area contributed by atoms with E-state index in [0.29, 0.717) is 23.6 Å². The first-order chi connectivity index (χ1) is 12.3. The molecule has 0 amide bonds. The molecule has 4 rings (SSSR count). The average molecular weight is 338 g/mol. The smallest absolute Gasteiger partial charge is 0.225 e. The maximum Gasteiger partial charge on any atom is 0.225 e. The summed E-state index contributed by atoms with van der Waals surface area (Å²) >= 11 is 0. The van der Waals surface area contributed by atoms with Crippen molar-refractivity contribution < 1.29 is 8.81 Å². The highest BCUT2D eigenvalue weighted by atomic mass is 19.1. The molecule has 1 aliphatic heterocycles. The Hall–Kier alpha value is -2.76. The van der Waals surface area contributed by atoms with Crippen LogP contribution in [0.2, 0.25) is 0 Å². The number of nitrogens with zero attached hydrogens (tertiary/aromatic N) is 4. The summed E-state index contributed by atoms with van der Waals surface area (Å²) in [5.41, 5.74) is 0.619. The second-order valence-corrected chi connectivity index (χ2v) is 6.27. The molecule has 128 valence electrons. The van der Waals surface area contributed by atoms with Crippen LogP contribution in [0.3, 0.4) is 0 Å². The van der Waals surface area contributed by atoms with Gasteiger partial charge in [0.15, 0.2) is 5.89 Å². The fraction of sp³-hybridized carbons (Fsp3) is 0.316. The van der Waals surface area contributed by atoms with E-state index in [1.165, 1.54) is 6.07 Å². The summed E-state index contributed by atoms with van der Waals surface area (Å²) in [7, 11) is 0. The molecule has 0 saturated carbocycles. The highest BCUT2D eigenvalue weighted by molar-refractivity contribution is 5.30. The van der Waals surface area contributed by atoms with Crippen LogP contribution in [0.25, 0.3) is 0 Å². The molecule has 0 radical (unpaired) electrons. The van der Waals surface area contributed by atoms with Gasteiger partial charge in [0.1, 0.15) is 11.6 Å². The van der Waals surface area contributed by atoms with Gasteiger partial charge in [-0.1, -0.05) is 18.2 Å². The summed E-state index contributed by atoms with van der Waals surface area (Å²) in [4.78, 5) is 15.2. The minimum atomic E-state index is -0.217. The molecule has 1 aliphatic rings. The van der Waals surface area contributed by atoms with Crippen LogP contribution in [0.15, 0.2) is 53.3 Å². The van der Waals surface area contributed by atoms with Crippen molar-refractivity contribution in [2.24, 2.45) is 0 Å². The molecule has 6 heteroatoms. The van der Waals surface area contributed by atoms with E-state index in [1.807, 2.05) is 12.1 Å². The van der Waals surface area contributed by atoms with Crippen LogP contribution in [0.5, 0.6) is 0 Å². The number of aromatic nitrogens is 3. The second kappa shape index (κ2) is 7.01. The van der Waals surface area contributed by atoms with Gasteiger partial charge in [-0.2, -0.15) is 0 Å². The van der Waals surface area contributed by atoms with Crippen molar-refractivity contribution in [3.8, 4) is 0 Å². The fourth-order valence-corrected chi connectivity index (χ4v) is 3.24. The van der Waals surface area contributed by atoms with E-state index in [9.17, 15) is 4.39 Å². The summed E-state index contributed by atoms with van der Waals surface area (Å²) in [5.74, 6) is 2.13. The number of hydrogen-bond acceptors (Lipinski definition) is 5. The standard InChI is InChI=1S/C19H19FN4O/c20-17-7-2-1-5-14(17)11-16-12-23-18(25-16)15-6-3-10-24(13-15)19-21-8-4-9-22-19/h1-2,4-5,7-9,12,15H,3,6,10-11,13H2/t15-/m1/s1. The first-order valence-electron chi connectivity index (χ1n) is 8.49. The van der Waals surface area contributed by atoms with Crippen LogP contribution >= 0.6 is 0 Å². The van der Waals surface area contributed by atoms with E-state index in [1.54, 1.807) is 30.7 Å². The number of oxazole rings is 1. The normalized spacial score (nSPS) is 17.6. The molecule has 3 heterocycles. The lowest BCUT2D eigenvalue weighted by molar-refractivity contribution is 0.382. The maximum absolute atomic E-state index is 13.8. The Balaban J connectivity index is 1.47. The lowest BCUT2D eigenvalue weighted by atomic mass is 9.98. The molecule has 3 aromatic rings. The third-order valence-corrected chi connectivity index (χ3v) is 4.50. The monoisotopic (exact) mass is 338 g/mol. The van der Waals surface area contributed by atoms with E-state index in [0.717, 1.165) is 31.9 Å². The molecule has 1 saturated heterocycles. The number of hydrogen-bond donors (Lipinski definition) is 0. The number of halogens is 1. The van der Waals surface area contributed by atoms with Crippen LogP contribution in [0, 0.1) is 5.82 Å². The fourth-order valence-electron chi connectivity index (χ4n) is 3.24. The quantitative estimate of drug-likeness (QED) is 0.728. The van der Waals surface area contributed by atoms with Crippen molar-refractivity contribution in [3.63, 3.8) is 0 Å². The minimum absolute atomic E-state index is 0.201. The Morgan fingerprint density at radius 3 is 2.80 bits per heavy atom. The number of benzene rings is 1. The number of rotatable bonds is 4. The summed E-state index contributed by atoms with van der Waals surface area (Å²) < 4.78 is 19.7. The van der Waals surface area contributed by atoms with Crippen molar-refractivity contribution >= 4 is 5.95 Å². The molecule has 25 heavy (non-hydrogen) atoms. The van der Waals surface area contributed by atoms with Crippen LogP contribution in [0.4, 0.5) is 10.3 Å². The molecule has 0 bridgehead atoms. The van der Waals surface area contributed by atoms with Crippen molar-refractivity contribution in [1.82, 2.24) is 15.0 Å². The topological polar surface area (TPSA) is 55.1 Å². The van der Waals surface area contributed by atoms with Gasteiger partial charge in [0.25, 0.3) is 0 Å². The van der Waals surface area contributed by atoms with Crippen LogP contribution in [0.1, 0.15) is 36.0 Å². The Kier molecular flexibility index (Phi) is 4.41. The van der Waals surface area contributed by atoms with Crippen LogP contribution < -0.4 is 4.90 Å². The SMILES string of the molecule is Fc1ccccc1Cc1cnc([C@@H]2CCCN(c3ncccn3)C2)o1. The Labute approximate surface area is 145 Å². The molecule has 0 spiro atoms. The Morgan fingerprint density at radius 2 is 1.96 bits per heavy atom. The third-order valence-electron chi connectivity index (χ3n) is 4.50. The molecule has 1 fully saturated rings. The maximum atomic E-state index is 13.8. The average Bonchev–Trinajstić information content (AvgIpc) is 3.13. The van der Waals surface area contributed by atoms with Gasteiger partial charge in [0.05, 0.1) is 12.1 Å². The molecule has 1 aromatic carbocycles. The lowest BCUT2D eigenvalue weighted by Crippen LogP contribution is -2.35. The van der Waals surface area contributed by atoms with Gasteiger partial charge in [-0.25, -0.2) is 19.3 Å². The van der Waals surface area contributed by atoms with E-state index in [2.05, 4.69) is 19.9 Å². The minimum Gasteiger partial charge on any atom is -0.445 e. The van der Waals surface area contributed by atoms with Gasteiger partial charge in [-0.05, 0) is 30.5 Å². The zero-order valence-electron chi connectivity index (χ0n) is 13.8. The third kappa shape index (κ3) is 3.52. The predicted octanol–water partition coefficient (Wildman–Crippen LogP) is 3.58. The summed E-state index contributed by atoms with van der Waals surface area (Å²) in [5, 5.41) is 0. The first kappa shape index (κ1) is 15.7. The van der Waals surface area contributed by atoms with Crippen LogP contribution in [-0.4, -0.2) is 28.0 Å². The summed E-state index contributed by atoms with van der Waals surface area (Å²) in [6.45, 7) is 1.72. The highest BCUT2D eigenvalue weighted by Gasteiger charge is 2.26. The predicted molar refractivity (Wildman–Crippen MR) is 91.9 cm³/mol. The highest BCUT2D eigenvalue weighted by Crippen LogP contribution is 2.28. The molecule has 0 unspecified atom stereocenters. The van der Waals surface area contributed by atoms with E-state index in [4.69, 9.17) is 4.42 Å². The van der Waals surface area contributed by atoms with Crippen molar-refractivity contribution in [3.05, 3.63) is 72.0 Å². The zero-order valence-corrected chi connectivity index (χ0v) is 13.8. The molecular weight excluding hydrogens is 319 g/mol. The van der Waals surface area contributed by atoms with Gasteiger partial charge in [0.2, 0.25) is 5.95 Å². The van der Waals surface area contributed by atoms with E-state index < -0.39 is 0 Å². The summed E-state index contributed by atoms with van der Waals surface area (Å²) in [6.07, 6.45) is 7.68. The Morgan fingerprint density at radius 1 is 1.12 bits per heavy atom. The van der Waals surface area contributed by atoms with Gasteiger partial charge >= 0.3 is 0 Å². The van der Waals surface area contributed by atoms with Gasteiger partial charge in [-0.3, -0.25) is 0 Å². The van der Waals surface area contributed by atoms with E-state index in [-0.39, 0.29) is 11.7 Å². The number of anilines is 1. The zero-order chi connectivity index (χ0) is 17.1. The lowest BCUT2D eigenvalue weighted by Gasteiger charge is -2.31. The molecule has 5 nitrogen and oxygen atoms in total. The Bertz CT molecular complexity index is 836. The molecule has 1 atom stereocenters. The van der Waals surface area contributed by atoms with Crippen molar-refractivity contribution in [1.29, 1.82) is 0 Å². The van der Waals surface area contributed by atoms with Crippen LogP contribution in [-0.2, 0) is 6.42 Å². The van der Waals surface area contributed by atoms with Gasteiger partial charge in [-0.15, -0.1) is 0 Å². The second-order valence-electron chi connectivity index (χ2n) is 6.27. The molecular formula is C19H19FN4O. The number of piperidine rings is 1. The molecule has 2 aromatic heterocycles. The molecule has 0 N–H and O–H groups in total. The van der Waals surface area contributed by atoms with Gasteiger partial charge in [0, 0.05) is 31.9 Å². The summed E-state index contributed by atoms with van der Waals surface area (Å²) in [6, 6.07) is 8.56. The largest absolute Gasteiger partial charge is 0.445 e. The van der Waals surface area contributed by atoms with Crippen molar-refractivity contribution in [2.45, 2.75) is 25.2 Å². The van der Waals surface area contributed by atoms with Gasteiger partial charge < -0.3 is 9.32 Å². The molecule has 0 aliphatic carbocycles. The van der Waals surface area contributed by atoms with E-state index >= 15 is 0 Å². The first-order valence-corrected chi connectivity index (χ1v) is 8.49.